The summed E-state index contributed by atoms with van der Waals surface area (Å²) in [5.41, 5.74) is 2.02. The van der Waals surface area contributed by atoms with E-state index in [1.165, 1.54) is 11.3 Å². The van der Waals surface area contributed by atoms with E-state index in [1.807, 2.05) is 30.3 Å². The highest BCUT2D eigenvalue weighted by molar-refractivity contribution is 7.17. The lowest BCUT2D eigenvalue weighted by molar-refractivity contribution is -0.120. The molecule has 0 aliphatic heterocycles. The molecular weight excluding hydrogens is 374 g/mol. The first-order chi connectivity index (χ1) is 13.6. The highest BCUT2D eigenvalue weighted by Gasteiger charge is 2.11. The normalized spacial score (nSPS) is 10.9. The van der Waals surface area contributed by atoms with Crippen molar-refractivity contribution >= 4 is 27.5 Å². The largest absolute Gasteiger partial charge is 0.352 e. The smallest absolute Gasteiger partial charge is 0.333 e. The molecule has 0 aliphatic carbocycles. The molecule has 2 aromatic carbocycles. The predicted molar refractivity (Wildman–Crippen MR) is 110 cm³/mol. The number of hydrogen-bond donors (Lipinski definition) is 2. The molecule has 2 heterocycles. The average molecular weight is 391 g/mol. The minimum Gasteiger partial charge on any atom is -0.352 e. The second-order valence-electron chi connectivity index (χ2n) is 6.34. The Hall–Kier alpha value is -3.45. The summed E-state index contributed by atoms with van der Waals surface area (Å²) in [5.74, 6) is -0.0911. The van der Waals surface area contributed by atoms with Gasteiger partial charge in [0.15, 0.2) is 0 Å². The van der Waals surface area contributed by atoms with Crippen LogP contribution in [0.3, 0.4) is 0 Å². The molecule has 4 aromatic rings. The maximum atomic E-state index is 12.6. The first-order valence-electron chi connectivity index (χ1n) is 8.74. The maximum Gasteiger partial charge on any atom is 0.333 e. The number of carbonyl (C=O) groups excluding carboxylic acids is 1. The number of thiophene rings is 1. The van der Waals surface area contributed by atoms with Crippen LogP contribution in [0.2, 0.25) is 0 Å². The van der Waals surface area contributed by atoms with Crippen LogP contribution in [0.1, 0.15) is 11.1 Å². The molecule has 0 bridgehead atoms. The summed E-state index contributed by atoms with van der Waals surface area (Å²) in [6, 6.07) is 18.3. The molecule has 2 N–H and O–H groups in total. The van der Waals surface area contributed by atoms with Crippen LogP contribution in [0.15, 0.2) is 75.6 Å². The monoisotopic (exact) mass is 391 g/mol. The number of nitrogens with one attached hydrogen (secondary N) is 2. The molecule has 0 aliphatic rings. The van der Waals surface area contributed by atoms with E-state index < -0.39 is 5.69 Å². The summed E-state index contributed by atoms with van der Waals surface area (Å²) >= 11 is 1.29. The fraction of sp³-hybridized carbons (Fsp3) is 0.0952. The summed E-state index contributed by atoms with van der Waals surface area (Å²) in [5, 5.41) is 4.65. The molecule has 0 fully saturated rings. The highest BCUT2D eigenvalue weighted by atomic mass is 32.1. The minimum atomic E-state index is -0.482. The molecule has 0 atom stereocenters. The van der Waals surface area contributed by atoms with Gasteiger partial charge < -0.3 is 10.3 Å². The number of aromatic amines is 1. The minimum absolute atomic E-state index is 0.0911. The third-order valence-corrected chi connectivity index (χ3v) is 5.30. The van der Waals surface area contributed by atoms with Gasteiger partial charge in [-0.1, -0.05) is 42.5 Å². The third kappa shape index (κ3) is 3.65. The standard InChI is InChI=1S/C21H17N3O3S/c25-18(22-13-15-4-2-1-3-5-15)12-14-6-8-16(9-7-14)24-20(26)19-17(10-11-28-19)23-21(24)27/h1-11H,12-13H2,(H,22,25)(H,23,27). The Morgan fingerprint density at radius 1 is 0.964 bits per heavy atom. The van der Waals surface area contributed by atoms with E-state index in [9.17, 15) is 14.4 Å². The summed E-state index contributed by atoms with van der Waals surface area (Å²) in [6.07, 6.45) is 0.225. The number of aromatic nitrogens is 2. The Balaban J connectivity index is 1.49. The van der Waals surface area contributed by atoms with Crippen molar-refractivity contribution in [3.8, 4) is 5.69 Å². The van der Waals surface area contributed by atoms with Gasteiger partial charge in [-0.05, 0) is 34.7 Å². The van der Waals surface area contributed by atoms with Crippen molar-refractivity contribution in [2.24, 2.45) is 0 Å². The molecular formula is C21H17N3O3S. The zero-order valence-corrected chi connectivity index (χ0v) is 15.7. The van der Waals surface area contributed by atoms with E-state index in [0.29, 0.717) is 22.4 Å². The van der Waals surface area contributed by atoms with Gasteiger partial charge in [0, 0.05) is 6.54 Å². The summed E-state index contributed by atoms with van der Waals surface area (Å²) < 4.78 is 1.61. The van der Waals surface area contributed by atoms with Crippen LogP contribution in [0.5, 0.6) is 0 Å². The molecule has 28 heavy (non-hydrogen) atoms. The number of rotatable bonds is 5. The first kappa shape index (κ1) is 17.9. The number of benzene rings is 2. The van der Waals surface area contributed by atoms with Crippen molar-refractivity contribution in [1.82, 2.24) is 14.9 Å². The average Bonchev–Trinajstić information content (AvgIpc) is 3.17. The van der Waals surface area contributed by atoms with Crippen LogP contribution >= 0.6 is 11.3 Å². The molecule has 0 radical (unpaired) electrons. The van der Waals surface area contributed by atoms with Crippen LogP contribution in [-0.2, 0) is 17.8 Å². The van der Waals surface area contributed by atoms with E-state index >= 15 is 0 Å². The number of H-pyrrole nitrogens is 1. The quantitative estimate of drug-likeness (QED) is 0.548. The van der Waals surface area contributed by atoms with Crippen molar-refractivity contribution in [3.63, 3.8) is 0 Å². The Labute approximate surface area is 164 Å². The number of hydrogen-bond acceptors (Lipinski definition) is 4. The van der Waals surface area contributed by atoms with Gasteiger partial charge in [0.25, 0.3) is 5.56 Å². The zero-order valence-electron chi connectivity index (χ0n) is 14.8. The molecule has 2 aromatic heterocycles. The van der Waals surface area contributed by atoms with E-state index in [1.54, 1.807) is 35.7 Å². The Kier molecular flexibility index (Phi) is 4.90. The molecule has 0 saturated heterocycles. The molecule has 140 valence electrons. The van der Waals surface area contributed by atoms with Crippen molar-refractivity contribution in [2.45, 2.75) is 13.0 Å². The number of amides is 1. The van der Waals surface area contributed by atoms with Crippen LogP contribution in [0, 0.1) is 0 Å². The van der Waals surface area contributed by atoms with Gasteiger partial charge in [0.05, 0.1) is 17.6 Å². The van der Waals surface area contributed by atoms with Gasteiger partial charge in [-0.3, -0.25) is 9.59 Å². The molecule has 0 spiro atoms. The molecule has 1 amide bonds. The lowest BCUT2D eigenvalue weighted by atomic mass is 10.1. The first-order valence-corrected chi connectivity index (χ1v) is 9.62. The van der Waals surface area contributed by atoms with Gasteiger partial charge in [-0.25, -0.2) is 9.36 Å². The number of carbonyl (C=O) groups is 1. The summed E-state index contributed by atoms with van der Waals surface area (Å²) in [6.45, 7) is 0.476. The van der Waals surface area contributed by atoms with Crippen molar-refractivity contribution < 1.29 is 4.79 Å². The van der Waals surface area contributed by atoms with E-state index in [0.717, 1.165) is 15.7 Å². The lowest BCUT2D eigenvalue weighted by Gasteiger charge is -2.08. The molecule has 0 saturated carbocycles. The second-order valence-corrected chi connectivity index (χ2v) is 7.26. The Morgan fingerprint density at radius 2 is 1.71 bits per heavy atom. The Bertz CT molecular complexity index is 1240. The van der Waals surface area contributed by atoms with Gasteiger partial charge in [-0.2, -0.15) is 0 Å². The maximum absolute atomic E-state index is 12.6. The van der Waals surface area contributed by atoms with Crippen LogP contribution in [-0.4, -0.2) is 15.5 Å². The molecule has 7 heteroatoms. The van der Waals surface area contributed by atoms with Crippen LogP contribution < -0.4 is 16.6 Å². The summed E-state index contributed by atoms with van der Waals surface area (Å²) in [4.78, 5) is 39.7. The fourth-order valence-corrected chi connectivity index (χ4v) is 3.76. The topological polar surface area (TPSA) is 84.0 Å². The summed E-state index contributed by atoms with van der Waals surface area (Å²) in [7, 11) is 0. The van der Waals surface area contributed by atoms with Gasteiger partial charge in [0.2, 0.25) is 5.91 Å². The van der Waals surface area contributed by atoms with Crippen LogP contribution in [0.4, 0.5) is 0 Å². The fourth-order valence-electron chi connectivity index (χ4n) is 2.98. The highest BCUT2D eigenvalue weighted by Crippen LogP contribution is 2.14. The van der Waals surface area contributed by atoms with Crippen molar-refractivity contribution in [2.75, 3.05) is 0 Å². The Morgan fingerprint density at radius 3 is 2.46 bits per heavy atom. The predicted octanol–water partition coefficient (Wildman–Crippen LogP) is 2.60. The SMILES string of the molecule is O=C(Cc1ccc(-n2c(=O)[nH]c3ccsc3c2=O)cc1)NCc1ccccc1. The van der Waals surface area contributed by atoms with E-state index in [4.69, 9.17) is 0 Å². The third-order valence-electron chi connectivity index (χ3n) is 4.40. The molecule has 0 unspecified atom stereocenters. The molecule has 6 nitrogen and oxygen atoms in total. The van der Waals surface area contributed by atoms with E-state index in [2.05, 4.69) is 10.3 Å². The van der Waals surface area contributed by atoms with Gasteiger partial charge in [-0.15, -0.1) is 11.3 Å². The van der Waals surface area contributed by atoms with Gasteiger partial charge in [0.1, 0.15) is 4.70 Å². The van der Waals surface area contributed by atoms with Crippen molar-refractivity contribution in [3.05, 3.63) is 98.0 Å². The second kappa shape index (κ2) is 7.66. The van der Waals surface area contributed by atoms with E-state index in [-0.39, 0.29) is 17.9 Å². The number of fused-ring (bicyclic) bond motifs is 1. The molecule has 4 rings (SSSR count). The number of nitrogens with zero attached hydrogens (tertiary/aromatic N) is 1. The van der Waals surface area contributed by atoms with Crippen LogP contribution in [0.25, 0.3) is 15.9 Å². The van der Waals surface area contributed by atoms with Gasteiger partial charge >= 0.3 is 5.69 Å². The van der Waals surface area contributed by atoms with Crippen molar-refractivity contribution in [1.29, 1.82) is 0 Å². The lowest BCUT2D eigenvalue weighted by Crippen LogP contribution is -2.33. The zero-order chi connectivity index (χ0) is 19.5.